The van der Waals surface area contributed by atoms with E-state index in [0.717, 1.165) is 0 Å². The topological polar surface area (TPSA) is 40.5 Å². The summed E-state index contributed by atoms with van der Waals surface area (Å²) in [6, 6.07) is 0.374. The normalized spacial score (nSPS) is 12.6. The number of hydrogen-bond acceptors (Lipinski definition) is 2. The van der Waals surface area contributed by atoms with Crippen LogP contribution in [0.3, 0.4) is 0 Å². The molecule has 3 heteroatoms. The first kappa shape index (κ1) is 11.4. The van der Waals surface area contributed by atoms with E-state index in [2.05, 4.69) is 18.7 Å². The van der Waals surface area contributed by atoms with Gasteiger partial charge in [0, 0.05) is 11.6 Å². The second-order valence-electron chi connectivity index (χ2n) is 4.09. The molecule has 0 unspecified atom stereocenters. The lowest BCUT2D eigenvalue weighted by Crippen LogP contribution is -2.46. The summed E-state index contributed by atoms with van der Waals surface area (Å²) in [5.41, 5.74) is -0.264. The van der Waals surface area contributed by atoms with Crippen LogP contribution in [-0.2, 0) is 4.79 Å². The lowest BCUT2D eigenvalue weighted by molar-refractivity contribution is -0.139. The van der Waals surface area contributed by atoms with Gasteiger partial charge in [-0.25, -0.2) is 0 Å². The largest absolute Gasteiger partial charge is 0.481 e. The quantitative estimate of drug-likeness (QED) is 0.701. The second kappa shape index (κ2) is 3.90. The highest BCUT2D eigenvalue weighted by molar-refractivity contribution is 5.68. The third kappa shape index (κ3) is 3.22. The molecule has 0 aliphatic heterocycles. The number of aliphatic carboxylic acids is 1. The van der Waals surface area contributed by atoms with Gasteiger partial charge in [0.1, 0.15) is 0 Å². The van der Waals surface area contributed by atoms with E-state index in [4.69, 9.17) is 5.11 Å². The highest BCUT2D eigenvalue weighted by Gasteiger charge is 2.27. The summed E-state index contributed by atoms with van der Waals surface area (Å²) in [6.45, 7) is 8.01. The van der Waals surface area contributed by atoms with Gasteiger partial charge in [-0.05, 0) is 34.7 Å². The van der Waals surface area contributed by atoms with Gasteiger partial charge in [0.05, 0.1) is 6.42 Å². The number of rotatable bonds is 4. The Kier molecular flexibility index (Phi) is 3.71. The summed E-state index contributed by atoms with van der Waals surface area (Å²) in [5, 5.41) is 8.65. The third-order valence-electron chi connectivity index (χ3n) is 2.31. The molecule has 3 nitrogen and oxygen atoms in total. The van der Waals surface area contributed by atoms with Crippen molar-refractivity contribution in [2.45, 2.75) is 45.7 Å². The van der Waals surface area contributed by atoms with Crippen LogP contribution in [0.4, 0.5) is 0 Å². The Labute approximate surface area is 74.4 Å². The molecule has 0 amide bonds. The van der Waals surface area contributed by atoms with Crippen LogP contribution < -0.4 is 0 Å². The first-order chi connectivity index (χ1) is 5.27. The molecule has 0 fully saturated rings. The fourth-order valence-corrected chi connectivity index (χ4v) is 1.19. The van der Waals surface area contributed by atoms with Gasteiger partial charge in [0.2, 0.25) is 0 Å². The number of hydrogen-bond donors (Lipinski definition) is 1. The van der Waals surface area contributed by atoms with Gasteiger partial charge < -0.3 is 5.11 Å². The maximum atomic E-state index is 10.5. The zero-order valence-electron chi connectivity index (χ0n) is 8.59. The van der Waals surface area contributed by atoms with Crippen molar-refractivity contribution in [2.75, 3.05) is 7.05 Å². The van der Waals surface area contributed by atoms with Crippen molar-refractivity contribution < 1.29 is 9.90 Å². The van der Waals surface area contributed by atoms with Crippen molar-refractivity contribution in [1.82, 2.24) is 4.90 Å². The van der Waals surface area contributed by atoms with Gasteiger partial charge in [0.15, 0.2) is 0 Å². The number of carbonyl (C=O) groups is 1. The standard InChI is InChI=1S/C9H19NO2/c1-7(2)10(5)9(3,4)6-8(11)12/h7H,6H2,1-5H3,(H,11,12). The average Bonchev–Trinajstić information content (AvgIpc) is 1.82. The van der Waals surface area contributed by atoms with E-state index >= 15 is 0 Å². The molecule has 0 radical (unpaired) electrons. The SMILES string of the molecule is CC(C)N(C)C(C)(C)CC(=O)O. The molecule has 0 saturated carbocycles. The van der Waals surface area contributed by atoms with Gasteiger partial charge in [-0.1, -0.05) is 0 Å². The van der Waals surface area contributed by atoms with Crippen molar-refractivity contribution >= 4 is 5.97 Å². The first-order valence-corrected chi connectivity index (χ1v) is 4.22. The second-order valence-corrected chi connectivity index (χ2v) is 4.09. The molecule has 72 valence electrons. The average molecular weight is 173 g/mol. The summed E-state index contributed by atoms with van der Waals surface area (Å²) in [4.78, 5) is 12.6. The molecule has 0 aliphatic carbocycles. The summed E-state index contributed by atoms with van der Waals surface area (Å²) in [5.74, 6) is -0.743. The number of nitrogens with zero attached hydrogens (tertiary/aromatic N) is 1. The monoisotopic (exact) mass is 173 g/mol. The van der Waals surface area contributed by atoms with Crippen molar-refractivity contribution in [2.24, 2.45) is 0 Å². The molecule has 12 heavy (non-hydrogen) atoms. The van der Waals surface area contributed by atoms with Crippen LogP contribution >= 0.6 is 0 Å². The lowest BCUT2D eigenvalue weighted by atomic mass is 9.97. The van der Waals surface area contributed by atoms with Gasteiger partial charge in [-0.2, -0.15) is 0 Å². The molecule has 0 aliphatic rings. The summed E-state index contributed by atoms with van der Waals surface area (Å²) >= 11 is 0. The summed E-state index contributed by atoms with van der Waals surface area (Å²) < 4.78 is 0. The van der Waals surface area contributed by atoms with Gasteiger partial charge in [0.25, 0.3) is 0 Å². The smallest absolute Gasteiger partial charge is 0.305 e. The molecule has 0 bridgehead atoms. The first-order valence-electron chi connectivity index (χ1n) is 4.22. The van der Waals surface area contributed by atoms with Crippen LogP contribution in [-0.4, -0.2) is 34.6 Å². The molecular formula is C9H19NO2. The Balaban J connectivity index is 4.28. The van der Waals surface area contributed by atoms with Crippen LogP contribution in [0.15, 0.2) is 0 Å². The molecule has 0 saturated heterocycles. The van der Waals surface area contributed by atoms with Crippen molar-refractivity contribution in [3.05, 3.63) is 0 Å². The van der Waals surface area contributed by atoms with Gasteiger partial charge in [-0.15, -0.1) is 0 Å². The molecular weight excluding hydrogens is 154 g/mol. The van der Waals surface area contributed by atoms with Crippen molar-refractivity contribution in [1.29, 1.82) is 0 Å². The fraction of sp³-hybridized carbons (Fsp3) is 0.889. The van der Waals surface area contributed by atoms with Crippen LogP contribution in [0.2, 0.25) is 0 Å². The molecule has 1 N–H and O–H groups in total. The highest BCUT2D eigenvalue weighted by Crippen LogP contribution is 2.19. The molecule has 0 atom stereocenters. The molecule has 0 rings (SSSR count). The van der Waals surface area contributed by atoms with E-state index < -0.39 is 5.97 Å². The van der Waals surface area contributed by atoms with Crippen molar-refractivity contribution in [3.8, 4) is 0 Å². The zero-order chi connectivity index (χ0) is 9.94. The Bertz CT molecular complexity index is 164. The zero-order valence-corrected chi connectivity index (χ0v) is 8.59. The van der Waals surface area contributed by atoms with Gasteiger partial charge >= 0.3 is 5.97 Å². The minimum atomic E-state index is -0.743. The van der Waals surface area contributed by atoms with Crippen LogP contribution in [0.5, 0.6) is 0 Å². The maximum Gasteiger partial charge on any atom is 0.305 e. The summed E-state index contributed by atoms with van der Waals surface area (Å²) in [7, 11) is 1.95. The predicted octanol–water partition coefficient (Wildman–Crippen LogP) is 1.58. The van der Waals surface area contributed by atoms with E-state index in [-0.39, 0.29) is 12.0 Å². The van der Waals surface area contributed by atoms with E-state index in [1.54, 1.807) is 0 Å². The Hall–Kier alpha value is -0.570. The molecule has 0 spiro atoms. The maximum absolute atomic E-state index is 10.5. The lowest BCUT2D eigenvalue weighted by Gasteiger charge is -2.37. The van der Waals surface area contributed by atoms with E-state index in [0.29, 0.717) is 6.04 Å². The third-order valence-corrected chi connectivity index (χ3v) is 2.31. The Morgan fingerprint density at radius 1 is 1.50 bits per heavy atom. The highest BCUT2D eigenvalue weighted by atomic mass is 16.4. The minimum Gasteiger partial charge on any atom is -0.481 e. The molecule has 0 aromatic heterocycles. The van der Waals surface area contributed by atoms with Crippen LogP contribution in [0.25, 0.3) is 0 Å². The Morgan fingerprint density at radius 2 is 1.92 bits per heavy atom. The molecule has 0 aromatic rings. The van der Waals surface area contributed by atoms with Crippen molar-refractivity contribution in [3.63, 3.8) is 0 Å². The van der Waals surface area contributed by atoms with Gasteiger partial charge in [-0.3, -0.25) is 9.69 Å². The number of carboxylic acids is 1. The van der Waals surface area contributed by atoms with Crippen LogP contribution in [0.1, 0.15) is 34.1 Å². The Morgan fingerprint density at radius 3 is 2.17 bits per heavy atom. The van der Waals surface area contributed by atoms with Crippen LogP contribution in [0, 0.1) is 0 Å². The van der Waals surface area contributed by atoms with E-state index in [1.165, 1.54) is 0 Å². The fourth-order valence-electron chi connectivity index (χ4n) is 1.19. The summed E-state index contributed by atoms with van der Waals surface area (Å²) in [6.07, 6.45) is 0.182. The van der Waals surface area contributed by atoms with E-state index in [1.807, 2.05) is 20.9 Å². The van der Waals surface area contributed by atoms with E-state index in [9.17, 15) is 4.79 Å². The number of carboxylic acid groups (broad SMARTS) is 1. The predicted molar refractivity (Wildman–Crippen MR) is 49.2 cm³/mol. The molecule has 0 aromatic carbocycles. The molecule has 0 heterocycles. The minimum absolute atomic E-state index is 0.182.